The van der Waals surface area contributed by atoms with Gasteiger partial charge in [-0.3, -0.25) is 19.8 Å². The van der Waals surface area contributed by atoms with Crippen molar-refractivity contribution in [1.82, 2.24) is 9.88 Å². The molecule has 29 heavy (non-hydrogen) atoms. The van der Waals surface area contributed by atoms with Gasteiger partial charge in [0.25, 0.3) is 11.6 Å². The summed E-state index contributed by atoms with van der Waals surface area (Å²) in [6.07, 6.45) is 3.26. The van der Waals surface area contributed by atoms with Crippen LogP contribution in [0.5, 0.6) is 0 Å². The van der Waals surface area contributed by atoms with Crippen LogP contribution < -0.4 is 0 Å². The number of carbonyl (C=O) groups excluding carboxylic acids is 1. The SMILES string of the molecule is Cc1ccc(-c2ccc(/C=C3/S/C(=N/c4nccs4)N(C)C3=O)o2)c([N+](=O)[O-])c1. The molecule has 0 unspecified atom stereocenters. The van der Waals surface area contributed by atoms with Gasteiger partial charge in [-0.2, -0.15) is 4.99 Å². The standard InChI is InChI=1S/C19H14N4O4S2/c1-11-3-5-13(14(9-11)23(25)26)15-6-4-12(27-15)10-16-17(24)22(2)19(29-16)21-18-20-7-8-28-18/h3-10H,1-2H3/b16-10+,21-19+. The number of hydrogen-bond acceptors (Lipinski definition) is 8. The number of amides is 1. The third kappa shape index (κ3) is 3.84. The fourth-order valence-electron chi connectivity index (χ4n) is 2.71. The Kier molecular flexibility index (Phi) is 5.03. The normalized spacial score (nSPS) is 16.9. The first-order valence-corrected chi connectivity index (χ1v) is 10.1. The van der Waals surface area contributed by atoms with E-state index in [1.165, 1.54) is 34.1 Å². The summed E-state index contributed by atoms with van der Waals surface area (Å²) in [5, 5.41) is 14.3. The van der Waals surface area contributed by atoms with E-state index in [2.05, 4.69) is 9.98 Å². The van der Waals surface area contributed by atoms with E-state index < -0.39 is 4.92 Å². The van der Waals surface area contributed by atoms with Gasteiger partial charge in [0.2, 0.25) is 5.13 Å². The molecule has 0 saturated carbocycles. The Balaban J connectivity index is 1.63. The lowest BCUT2D eigenvalue weighted by atomic mass is 10.1. The average molecular weight is 426 g/mol. The van der Waals surface area contributed by atoms with Crippen molar-refractivity contribution in [2.24, 2.45) is 4.99 Å². The zero-order chi connectivity index (χ0) is 20.5. The summed E-state index contributed by atoms with van der Waals surface area (Å²) < 4.78 is 5.77. The molecular weight excluding hydrogens is 412 g/mol. The van der Waals surface area contributed by atoms with Gasteiger partial charge in [0.05, 0.1) is 15.4 Å². The molecule has 8 nitrogen and oxygen atoms in total. The molecule has 1 amide bonds. The first-order valence-electron chi connectivity index (χ1n) is 8.43. The van der Waals surface area contributed by atoms with Gasteiger partial charge in [-0.25, -0.2) is 4.98 Å². The molecule has 0 radical (unpaired) electrons. The monoisotopic (exact) mass is 426 g/mol. The highest BCUT2D eigenvalue weighted by Crippen LogP contribution is 2.36. The van der Waals surface area contributed by atoms with Crippen molar-refractivity contribution in [3.8, 4) is 11.3 Å². The van der Waals surface area contributed by atoms with Gasteiger partial charge >= 0.3 is 0 Å². The van der Waals surface area contributed by atoms with E-state index in [1.807, 2.05) is 5.38 Å². The number of nitro benzene ring substituents is 1. The van der Waals surface area contributed by atoms with Crippen LogP contribution in [0.15, 0.2) is 56.2 Å². The van der Waals surface area contributed by atoms with Crippen LogP contribution in [0.3, 0.4) is 0 Å². The summed E-state index contributed by atoms with van der Waals surface area (Å²) in [4.78, 5) is 33.8. The second kappa shape index (κ2) is 7.64. The van der Waals surface area contributed by atoms with E-state index in [4.69, 9.17) is 4.42 Å². The number of furan rings is 1. The lowest BCUT2D eigenvalue weighted by Gasteiger charge is -2.05. The molecule has 1 aromatic carbocycles. The van der Waals surface area contributed by atoms with Crippen LogP contribution in [0.4, 0.5) is 10.8 Å². The minimum atomic E-state index is -0.435. The maximum absolute atomic E-state index is 12.5. The molecule has 0 N–H and O–H groups in total. The van der Waals surface area contributed by atoms with Crippen molar-refractivity contribution in [2.75, 3.05) is 7.05 Å². The lowest BCUT2D eigenvalue weighted by molar-refractivity contribution is -0.384. The van der Waals surface area contributed by atoms with Gasteiger partial charge in [-0.1, -0.05) is 6.07 Å². The number of nitro groups is 1. The van der Waals surface area contributed by atoms with Crippen molar-refractivity contribution in [1.29, 1.82) is 0 Å². The van der Waals surface area contributed by atoms with Crippen LogP contribution in [0.1, 0.15) is 11.3 Å². The van der Waals surface area contributed by atoms with E-state index in [-0.39, 0.29) is 11.6 Å². The van der Waals surface area contributed by atoms with Gasteiger partial charge in [0.1, 0.15) is 11.5 Å². The minimum absolute atomic E-state index is 0.0255. The van der Waals surface area contributed by atoms with Crippen LogP contribution in [-0.2, 0) is 4.79 Å². The smallest absolute Gasteiger partial charge is 0.280 e. The van der Waals surface area contributed by atoms with Gasteiger partial charge in [-0.05, 0) is 42.4 Å². The van der Waals surface area contributed by atoms with Crippen LogP contribution >= 0.6 is 23.1 Å². The van der Waals surface area contributed by atoms with E-state index in [9.17, 15) is 14.9 Å². The van der Waals surface area contributed by atoms with Gasteiger partial charge in [0.15, 0.2) is 5.17 Å². The number of benzene rings is 1. The summed E-state index contributed by atoms with van der Waals surface area (Å²) >= 11 is 2.60. The number of thioether (sulfide) groups is 1. The zero-order valence-corrected chi connectivity index (χ0v) is 17.0. The largest absolute Gasteiger partial charge is 0.456 e. The number of hydrogen-bond donors (Lipinski definition) is 0. The molecule has 0 spiro atoms. The van der Waals surface area contributed by atoms with E-state index in [0.717, 1.165) is 5.56 Å². The molecule has 2 aromatic heterocycles. The Labute approximate surface area is 173 Å². The minimum Gasteiger partial charge on any atom is -0.456 e. The molecule has 146 valence electrons. The number of rotatable bonds is 4. The molecule has 4 rings (SSSR count). The highest BCUT2D eigenvalue weighted by atomic mass is 32.2. The first kappa shape index (κ1) is 19.1. The number of aliphatic imine (C=N–C) groups is 1. The highest BCUT2D eigenvalue weighted by Gasteiger charge is 2.31. The van der Waals surface area contributed by atoms with Crippen LogP contribution in [0, 0.1) is 17.0 Å². The Bertz CT molecular complexity index is 1160. The third-order valence-corrected chi connectivity index (χ3v) is 5.86. The average Bonchev–Trinajstić information content (AvgIpc) is 3.42. The zero-order valence-electron chi connectivity index (χ0n) is 15.4. The first-order chi connectivity index (χ1) is 13.9. The number of nitrogens with zero attached hydrogens (tertiary/aromatic N) is 4. The number of likely N-dealkylation sites (N-methyl/N-ethyl adjacent to an activating group) is 1. The predicted octanol–water partition coefficient (Wildman–Crippen LogP) is 4.85. The molecule has 3 aromatic rings. The molecule has 0 bridgehead atoms. The molecule has 10 heteroatoms. The molecular formula is C19H14N4O4S2. The second-order valence-corrected chi connectivity index (χ2v) is 8.05. The Morgan fingerprint density at radius 1 is 1.31 bits per heavy atom. The van der Waals surface area contributed by atoms with E-state index >= 15 is 0 Å². The molecule has 3 heterocycles. The molecule has 0 atom stereocenters. The van der Waals surface area contributed by atoms with Crippen molar-refractivity contribution in [3.63, 3.8) is 0 Å². The number of carbonyl (C=O) groups is 1. The van der Waals surface area contributed by atoms with Crippen LogP contribution in [0.25, 0.3) is 17.4 Å². The number of thiazole rings is 1. The highest BCUT2D eigenvalue weighted by molar-refractivity contribution is 8.18. The number of amidine groups is 1. The Morgan fingerprint density at radius 2 is 2.14 bits per heavy atom. The van der Waals surface area contributed by atoms with Crippen molar-refractivity contribution in [3.05, 3.63) is 68.3 Å². The Morgan fingerprint density at radius 3 is 2.86 bits per heavy atom. The topological polar surface area (TPSA) is 102 Å². The number of aryl methyl sites for hydroxylation is 1. The summed E-state index contributed by atoms with van der Waals surface area (Å²) in [5.74, 6) is 0.586. The fourth-order valence-corrected chi connectivity index (χ4v) is 4.22. The van der Waals surface area contributed by atoms with E-state index in [0.29, 0.717) is 32.3 Å². The van der Waals surface area contributed by atoms with Crippen molar-refractivity contribution >= 4 is 51.1 Å². The maximum Gasteiger partial charge on any atom is 0.280 e. The fraction of sp³-hybridized carbons (Fsp3) is 0.105. The maximum atomic E-state index is 12.5. The number of aromatic nitrogens is 1. The van der Waals surface area contributed by atoms with Gasteiger partial charge in [0, 0.05) is 30.8 Å². The molecule has 1 aliphatic rings. The van der Waals surface area contributed by atoms with E-state index in [1.54, 1.807) is 50.5 Å². The molecule has 1 saturated heterocycles. The van der Waals surface area contributed by atoms with Crippen LogP contribution in [0.2, 0.25) is 0 Å². The summed E-state index contributed by atoms with van der Waals surface area (Å²) in [7, 11) is 1.64. The molecule has 1 aliphatic heterocycles. The third-order valence-electron chi connectivity index (χ3n) is 4.13. The lowest BCUT2D eigenvalue weighted by Crippen LogP contribution is -2.23. The summed E-state index contributed by atoms with van der Waals surface area (Å²) in [6, 6.07) is 8.28. The van der Waals surface area contributed by atoms with Crippen molar-refractivity contribution in [2.45, 2.75) is 6.92 Å². The summed E-state index contributed by atoms with van der Waals surface area (Å²) in [5.41, 5.74) is 1.15. The second-order valence-electron chi connectivity index (χ2n) is 6.16. The summed E-state index contributed by atoms with van der Waals surface area (Å²) in [6.45, 7) is 1.79. The molecule has 0 aliphatic carbocycles. The Hall–Kier alpha value is -3.24. The van der Waals surface area contributed by atoms with Crippen LogP contribution in [-0.4, -0.2) is 32.9 Å². The van der Waals surface area contributed by atoms with Crippen molar-refractivity contribution < 1.29 is 14.1 Å². The quantitative estimate of drug-likeness (QED) is 0.336. The van der Waals surface area contributed by atoms with Gasteiger partial charge < -0.3 is 4.42 Å². The van der Waals surface area contributed by atoms with Gasteiger partial charge in [-0.15, -0.1) is 11.3 Å². The molecule has 1 fully saturated rings. The predicted molar refractivity (Wildman–Crippen MR) is 113 cm³/mol.